The maximum absolute atomic E-state index is 12.3. The zero-order chi connectivity index (χ0) is 15.2. The summed E-state index contributed by atoms with van der Waals surface area (Å²) in [5.74, 6) is 0.221. The average molecular weight is 290 g/mol. The minimum absolute atomic E-state index is 0.0939. The molecule has 0 aromatic heterocycles. The molecule has 0 radical (unpaired) electrons. The zero-order valence-corrected chi connectivity index (χ0v) is 13.3. The Labute approximate surface area is 127 Å². The monoisotopic (exact) mass is 290 g/mol. The van der Waals surface area contributed by atoms with Crippen LogP contribution in [0.25, 0.3) is 0 Å². The molecule has 1 aliphatic heterocycles. The number of carbonyl (C=O) groups is 1. The van der Waals surface area contributed by atoms with E-state index in [-0.39, 0.29) is 11.8 Å². The van der Waals surface area contributed by atoms with Crippen LogP contribution in [0.2, 0.25) is 0 Å². The topological polar surface area (TPSA) is 41.6 Å². The maximum Gasteiger partial charge on any atom is 0.227 e. The lowest BCUT2D eigenvalue weighted by Gasteiger charge is -2.29. The van der Waals surface area contributed by atoms with Gasteiger partial charge >= 0.3 is 0 Å². The third-order valence-corrected chi connectivity index (χ3v) is 4.21. The molecule has 1 amide bonds. The first-order valence-electron chi connectivity index (χ1n) is 7.89. The fourth-order valence-electron chi connectivity index (χ4n) is 2.66. The van der Waals surface area contributed by atoms with Crippen LogP contribution in [0.3, 0.4) is 0 Å². The van der Waals surface area contributed by atoms with Crippen molar-refractivity contribution < 1.29 is 9.53 Å². The molecule has 2 rings (SSSR count). The minimum atomic E-state index is 0.0939. The maximum atomic E-state index is 12.3. The largest absolute Gasteiger partial charge is 0.378 e. The Bertz CT molecular complexity index is 478. The Kier molecular flexibility index (Phi) is 5.62. The fourth-order valence-corrected chi connectivity index (χ4v) is 2.66. The van der Waals surface area contributed by atoms with Crippen LogP contribution >= 0.6 is 0 Å². The molecule has 4 nitrogen and oxygen atoms in total. The van der Waals surface area contributed by atoms with E-state index >= 15 is 0 Å². The Morgan fingerprint density at radius 2 is 1.95 bits per heavy atom. The molecule has 4 heteroatoms. The number of nitrogens with one attached hydrogen (secondary N) is 1. The molecule has 0 atom stereocenters. The van der Waals surface area contributed by atoms with Gasteiger partial charge in [-0.2, -0.15) is 0 Å². The molecule has 21 heavy (non-hydrogen) atoms. The zero-order valence-electron chi connectivity index (χ0n) is 13.3. The number of carbonyl (C=O) groups excluding carboxylic acids is 1. The lowest BCUT2D eigenvalue weighted by Crippen LogP contribution is -2.36. The summed E-state index contributed by atoms with van der Waals surface area (Å²) in [5, 5.41) is 3.09. The molecule has 1 fully saturated rings. The smallest absolute Gasteiger partial charge is 0.227 e. The molecular weight excluding hydrogens is 264 g/mol. The Morgan fingerprint density at radius 1 is 1.29 bits per heavy atom. The number of hydrogen-bond donors (Lipinski definition) is 1. The molecule has 1 N–H and O–H groups in total. The number of anilines is 2. The van der Waals surface area contributed by atoms with E-state index in [2.05, 4.69) is 42.3 Å². The summed E-state index contributed by atoms with van der Waals surface area (Å²) in [6.07, 6.45) is 1.76. The van der Waals surface area contributed by atoms with Crippen molar-refractivity contribution in [1.82, 2.24) is 0 Å². The lowest BCUT2D eigenvalue weighted by atomic mass is 10.0. The number of benzene rings is 1. The van der Waals surface area contributed by atoms with Crippen molar-refractivity contribution in [1.29, 1.82) is 0 Å². The van der Waals surface area contributed by atoms with Crippen molar-refractivity contribution in [2.45, 2.75) is 33.6 Å². The standard InChI is InChI=1S/C17H26N2O2/c1-4-14(5-2)17(20)18-16-12-15(7-6-13(16)3)19-8-10-21-11-9-19/h6-7,12,14H,4-5,8-11H2,1-3H3,(H,18,20). The first-order chi connectivity index (χ1) is 10.2. The molecular formula is C17H26N2O2. The number of amides is 1. The summed E-state index contributed by atoms with van der Waals surface area (Å²) in [5.41, 5.74) is 3.19. The van der Waals surface area contributed by atoms with E-state index in [9.17, 15) is 4.79 Å². The normalized spacial score (nSPS) is 15.3. The van der Waals surface area contributed by atoms with Crippen LogP contribution in [-0.2, 0) is 9.53 Å². The highest BCUT2D eigenvalue weighted by molar-refractivity contribution is 5.93. The summed E-state index contributed by atoms with van der Waals surface area (Å²) < 4.78 is 5.39. The SMILES string of the molecule is CCC(CC)C(=O)Nc1cc(N2CCOCC2)ccc1C. The quantitative estimate of drug-likeness (QED) is 0.905. The third kappa shape index (κ3) is 3.97. The van der Waals surface area contributed by atoms with Gasteiger partial charge in [-0.1, -0.05) is 19.9 Å². The average Bonchev–Trinajstić information content (AvgIpc) is 2.51. The van der Waals surface area contributed by atoms with Gasteiger partial charge in [-0.15, -0.1) is 0 Å². The minimum Gasteiger partial charge on any atom is -0.378 e. The van der Waals surface area contributed by atoms with Crippen molar-refractivity contribution in [3.63, 3.8) is 0 Å². The molecule has 0 bridgehead atoms. The van der Waals surface area contributed by atoms with E-state index in [1.165, 1.54) is 0 Å². The van der Waals surface area contributed by atoms with E-state index in [0.717, 1.165) is 56.1 Å². The van der Waals surface area contributed by atoms with E-state index in [0.29, 0.717) is 0 Å². The molecule has 1 saturated heterocycles. The van der Waals surface area contributed by atoms with E-state index in [1.54, 1.807) is 0 Å². The van der Waals surface area contributed by atoms with E-state index in [4.69, 9.17) is 4.74 Å². The number of aryl methyl sites for hydroxylation is 1. The highest BCUT2D eigenvalue weighted by Gasteiger charge is 2.17. The van der Waals surface area contributed by atoms with Gasteiger partial charge < -0.3 is 15.0 Å². The number of nitrogens with zero attached hydrogens (tertiary/aromatic N) is 1. The van der Waals surface area contributed by atoms with Gasteiger partial charge in [0, 0.05) is 30.4 Å². The van der Waals surface area contributed by atoms with Crippen molar-refractivity contribution in [2.24, 2.45) is 5.92 Å². The van der Waals surface area contributed by atoms with Crippen molar-refractivity contribution in [2.75, 3.05) is 36.5 Å². The second kappa shape index (κ2) is 7.46. The van der Waals surface area contributed by atoms with Crippen LogP contribution < -0.4 is 10.2 Å². The van der Waals surface area contributed by atoms with Crippen molar-refractivity contribution >= 4 is 17.3 Å². The van der Waals surface area contributed by atoms with Gasteiger partial charge in [0.25, 0.3) is 0 Å². The van der Waals surface area contributed by atoms with Crippen LogP contribution in [-0.4, -0.2) is 32.2 Å². The number of morpholine rings is 1. The molecule has 0 spiro atoms. The van der Waals surface area contributed by atoms with Gasteiger partial charge in [0.05, 0.1) is 13.2 Å². The predicted octanol–water partition coefficient (Wildman–Crippen LogP) is 3.21. The third-order valence-electron chi connectivity index (χ3n) is 4.21. The first kappa shape index (κ1) is 15.8. The molecule has 0 aliphatic carbocycles. The van der Waals surface area contributed by atoms with Crippen LogP contribution in [0.4, 0.5) is 11.4 Å². The Morgan fingerprint density at radius 3 is 2.57 bits per heavy atom. The van der Waals surface area contributed by atoms with Crippen LogP contribution in [0.1, 0.15) is 32.3 Å². The number of rotatable bonds is 5. The Balaban J connectivity index is 2.13. The first-order valence-corrected chi connectivity index (χ1v) is 7.89. The fraction of sp³-hybridized carbons (Fsp3) is 0.588. The second-order valence-electron chi connectivity index (χ2n) is 5.60. The molecule has 116 valence electrons. The molecule has 0 saturated carbocycles. The van der Waals surface area contributed by atoms with Gasteiger partial charge in [0.2, 0.25) is 5.91 Å². The summed E-state index contributed by atoms with van der Waals surface area (Å²) in [6.45, 7) is 9.50. The molecule has 1 aliphatic rings. The molecule has 1 aromatic carbocycles. The van der Waals surface area contributed by atoms with Crippen LogP contribution in [0.15, 0.2) is 18.2 Å². The molecule has 1 heterocycles. The van der Waals surface area contributed by atoms with Gasteiger partial charge in [-0.25, -0.2) is 0 Å². The van der Waals surface area contributed by atoms with E-state index in [1.807, 2.05) is 6.92 Å². The van der Waals surface area contributed by atoms with Gasteiger partial charge in [0.15, 0.2) is 0 Å². The number of hydrogen-bond acceptors (Lipinski definition) is 3. The summed E-state index contributed by atoms with van der Waals surface area (Å²) in [6, 6.07) is 6.28. The predicted molar refractivity (Wildman–Crippen MR) is 86.9 cm³/mol. The van der Waals surface area contributed by atoms with Crippen molar-refractivity contribution in [3.8, 4) is 0 Å². The summed E-state index contributed by atoms with van der Waals surface area (Å²) in [4.78, 5) is 14.6. The molecule has 0 unspecified atom stereocenters. The summed E-state index contributed by atoms with van der Waals surface area (Å²) in [7, 11) is 0. The van der Waals surface area contributed by atoms with Gasteiger partial charge in [-0.05, 0) is 37.5 Å². The second-order valence-corrected chi connectivity index (χ2v) is 5.60. The summed E-state index contributed by atoms with van der Waals surface area (Å²) >= 11 is 0. The highest BCUT2D eigenvalue weighted by Crippen LogP contribution is 2.25. The van der Waals surface area contributed by atoms with Crippen molar-refractivity contribution in [3.05, 3.63) is 23.8 Å². The molecule has 1 aromatic rings. The van der Waals surface area contributed by atoms with Crippen LogP contribution in [0, 0.1) is 12.8 Å². The van der Waals surface area contributed by atoms with Gasteiger partial charge in [0.1, 0.15) is 0 Å². The number of ether oxygens (including phenoxy) is 1. The van der Waals surface area contributed by atoms with Gasteiger partial charge in [-0.3, -0.25) is 4.79 Å². The van der Waals surface area contributed by atoms with Crippen LogP contribution in [0.5, 0.6) is 0 Å². The highest BCUT2D eigenvalue weighted by atomic mass is 16.5. The van der Waals surface area contributed by atoms with E-state index < -0.39 is 0 Å². The lowest BCUT2D eigenvalue weighted by molar-refractivity contribution is -0.120. The Hall–Kier alpha value is -1.55.